The van der Waals surface area contributed by atoms with Gasteiger partial charge in [0.05, 0.1) is 0 Å². The van der Waals surface area contributed by atoms with Gasteiger partial charge in [-0.15, -0.1) is 17.0 Å². The summed E-state index contributed by atoms with van der Waals surface area (Å²) in [5.41, 5.74) is 0.706. The monoisotopic (exact) mass is 295 g/mol. The van der Waals surface area contributed by atoms with Crippen LogP contribution in [0.15, 0.2) is 52.7 Å². The lowest BCUT2D eigenvalue weighted by Gasteiger charge is -1.94. The van der Waals surface area contributed by atoms with Crippen molar-refractivity contribution in [3.05, 3.63) is 48.5 Å². The van der Waals surface area contributed by atoms with Crippen molar-refractivity contribution < 1.29 is 8.76 Å². The van der Waals surface area contributed by atoms with Crippen LogP contribution in [0.5, 0.6) is 0 Å². The molecule has 1 atom stereocenters. The van der Waals surface area contributed by atoms with Crippen LogP contribution < -0.4 is 0 Å². The highest BCUT2D eigenvalue weighted by Crippen LogP contribution is 2.34. The average Bonchev–Trinajstić information content (AvgIpc) is 2.30. The first-order valence-electron chi connectivity index (χ1n) is 4.70. The van der Waals surface area contributed by atoms with E-state index in [1.807, 2.05) is 48.5 Å². The molecule has 2 nitrogen and oxygen atoms in total. The molecule has 3 aromatic rings. The van der Waals surface area contributed by atoms with Crippen molar-refractivity contribution >= 4 is 46.1 Å². The first kappa shape index (κ1) is 11.3. The van der Waals surface area contributed by atoms with Crippen molar-refractivity contribution in [3.63, 3.8) is 0 Å². The summed E-state index contributed by atoms with van der Waals surface area (Å²) in [6.45, 7) is 0. The first-order valence-corrected chi connectivity index (χ1v) is 5.88. The zero-order valence-corrected chi connectivity index (χ0v) is 10.9. The Morgan fingerprint density at radius 3 is 2.31 bits per heavy atom. The molecule has 0 saturated carbocycles. The number of hydrogen-bond donors (Lipinski definition) is 0. The van der Waals surface area contributed by atoms with Crippen LogP contribution in [0, 0.1) is 0 Å². The molecule has 4 heteroatoms. The summed E-state index contributed by atoms with van der Waals surface area (Å²) in [4.78, 5) is 0. The van der Waals surface area contributed by atoms with E-state index in [1.165, 1.54) is 0 Å². The van der Waals surface area contributed by atoms with Gasteiger partial charge in [-0.3, -0.25) is 0 Å². The molecular formula is C12H9BrO2P+. The summed E-state index contributed by atoms with van der Waals surface area (Å²) in [7, 11) is -1.74. The molecule has 1 heterocycles. The lowest BCUT2D eigenvalue weighted by atomic mass is 10.1. The molecule has 3 rings (SSSR count). The molecule has 0 fully saturated rings. The second-order valence-corrected chi connectivity index (χ2v) is 4.54. The van der Waals surface area contributed by atoms with E-state index in [0.717, 1.165) is 15.9 Å². The smallest absolute Gasteiger partial charge is 0.250 e. The molecule has 0 N–H and O–H groups in total. The van der Waals surface area contributed by atoms with Gasteiger partial charge in [-0.1, -0.05) is 30.3 Å². The molecule has 0 bridgehead atoms. The van der Waals surface area contributed by atoms with Gasteiger partial charge in [0.25, 0.3) is 0 Å². The van der Waals surface area contributed by atoms with E-state index in [-0.39, 0.29) is 17.0 Å². The van der Waals surface area contributed by atoms with Gasteiger partial charge in [0.2, 0.25) is 5.12 Å². The third-order valence-electron chi connectivity index (χ3n) is 2.46. The highest BCUT2D eigenvalue weighted by atomic mass is 79.9. The SMILES string of the molecule is Br.O=[p+]1oc2ccccc2c2ccccc21. The van der Waals surface area contributed by atoms with Gasteiger partial charge in [0.1, 0.15) is 0 Å². The van der Waals surface area contributed by atoms with Crippen molar-refractivity contribution in [3.8, 4) is 0 Å². The van der Waals surface area contributed by atoms with E-state index in [0.29, 0.717) is 5.58 Å². The van der Waals surface area contributed by atoms with E-state index in [1.54, 1.807) is 0 Å². The predicted octanol–water partition coefficient (Wildman–Crippen LogP) is 4.91. The fraction of sp³-hybridized carbons (Fsp3) is 0. The molecule has 0 aliphatic heterocycles. The van der Waals surface area contributed by atoms with Crippen LogP contribution in [-0.2, 0) is 4.57 Å². The Morgan fingerprint density at radius 1 is 0.875 bits per heavy atom. The van der Waals surface area contributed by atoms with Gasteiger partial charge in [-0.25, -0.2) is 4.20 Å². The standard InChI is InChI=1S/C12H8O2P.BrH/c13-15-12-8-4-2-6-10(12)9-5-1-3-7-11(9)14-15;/h1-8H;1H/q+1;. The maximum absolute atomic E-state index is 11.8. The van der Waals surface area contributed by atoms with Gasteiger partial charge >= 0.3 is 7.65 Å². The van der Waals surface area contributed by atoms with Gasteiger partial charge < -0.3 is 0 Å². The zero-order chi connectivity index (χ0) is 10.3. The van der Waals surface area contributed by atoms with Crippen LogP contribution in [-0.4, -0.2) is 0 Å². The molecule has 1 unspecified atom stereocenters. The predicted molar refractivity (Wildman–Crippen MR) is 71.6 cm³/mol. The van der Waals surface area contributed by atoms with Crippen molar-refractivity contribution in [2.75, 3.05) is 0 Å². The molecular weight excluding hydrogens is 287 g/mol. The number of hydrogen-bond acceptors (Lipinski definition) is 2. The number of rotatable bonds is 0. The number of para-hydroxylation sites is 1. The molecule has 0 amide bonds. The Kier molecular flexibility index (Phi) is 3.08. The summed E-state index contributed by atoms with van der Waals surface area (Å²) in [5, 5.41) is 2.81. The zero-order valence-electron chi connectivity index (χ0n) is 8.29. The van der Waals surface area contributed by atoms with Crippen LogP contribution in [0.1, 0.15) is 0 Å². The van der Waals surface area contributed by atoms with Crippen LogP contribution in [0.25, 0.3) is 21.5 Å². The van der Waals surface area contributed by atoms with Gasteiger partial charge in [0.15, 0.2) is 5.58 Å². The molecule has 0 radical (unpaired) electrons. The van der Waals surface area contributed by atoms with Gasteiger partial charge in [0, 0.05) is 10.8 Å². The maximum atomic E-state index is 11.8. The summed E-state index contributed by atoms with van der Waals surface area (Å²) in [6.07, 6.45) is 0. The fourth-order valence-electron chi connectivity index (χ4n) is 1.77. The molecule has 1 aromatic heterocycles. The fourth-order valence-corrected chi connectivity index (χ4v) is 2.80. The quantitative estimate of drug-likeness (QED) is 0.552. The van der Waals surface area contributed by atoms with Crippen LogP contribution in [0.3, 0.4) is 0 Å². The number of benzene rings is 2. The number of fused-ring (bicyclic) bond motifs is 3. The largest absolute Gasteiger partial charge is 0.597 e. The minimum Gasteiger partial charge on any atom is -0.250 e. The van der Waals surface area contributed by atoms with Crippen LogP contribution in [0.2, 0.25) is 0 Å². The Bertz CT molecular complexity index is 706. The number of halogens is 1. The Labute approximate surface area is 103 Å². The molecule has 2 aromatic carbocycles. The van der Waals surface area contributed by atoms with Crippen LogP contribution >= 0.6 is 24.6 Å². The van der Waals surface area contributed by atoms with Crippen molar-refractivity contribution in [2.45, 2.75) is 0 Å². The Hall–Kier alpha value is -1.18. The molecule has 0 aliphatic rings. The van der Waals surface area contributed by atoms with E-state index < -0.39 is 7.65 Å². The minimum atomic E-state index is -1.74. The summed E-state index contributed by atoms with van der Waals surface area (Å²) < 4.78 is 17.1. The topological polar surface area (TPSA) is 30.2 Å². The molecule has 80 valence electrons. The minimum absolute atomic E-state index is 0. The van der Waals surface area contributed by atoms with E-state index >= 15 is 0 Å². The van der Waals surface area contributed by atoms with Crippen molar-refractivity contribution in [1.82, 2.24) is 0 Å². The Balaban J connectivity index is 0.000000963. The van der Waals surface area contributed by atoms with E-state index in [9.17, 15) is 4.57 Å². The van der Waals surface area contributed by atoms with Crippen LogP contribution in [0.4, 0.5) is 0 Å². The summed E-state index contributed by atoms with van der Waals surface area (Å²) in [5.74, 6) is 0. The molecule has 0 aliphatic carbocycles. The lowest BCUT2D eigenvalue weighted by Crippen LogP contribution is -1.73. The molecule has 16 heavy (non-hydrogen) atoms. The third kappa shape index (κ3) is 1.66. The molecule has 0 spiro atoms. The summed E-state index contributed by atoms with van der Waals surface area (Å²) >= 11 is 0. The van der Waals surface area contributed by atoms with Gasteiger partial charge in [-0.2, -0.15) is 0 Å². The lowest BCUT2D eigenvalue weighted by molar-refractivity contribution is 0.563. The average molecular weight is 296 g/mol. The highest BCUT2D eigenvalue weighted by molar-refractivity contribution is 8.93. The molecule has 0 saturated heterocycles. The van der Waals surface area contributed by atoms with E-state index in [4.69, 9.17) is 4.20 Å². The third-order valence-corrected chi connectivity index (χ3v) is 3.61. The Morgan fingerprint density at radius 2 is 1.50 bits per heavy atom. The van der Waals surface area contributed by atoms with E-state index in [2.05, 4.69) is 0 Å². The normalized spacial score (nSPS) is 11.4. The maximum Gasteiger partial charge on any atom is 0.597 e. The van der Waals surface area contributed by atoms with Gasteiger partial charge in [-0.05, 0) is 22.8 Å². The second kappa shape index (κ2) is 4.36. The highest BCUT2D eigenvalue weighted by Gasteiger charge is 2.14. The van der Waals surface area contributed by atoms with Crippen molar-refractivity contribution in [2.24, 2.45) is 0 Å². The van der Waals surface area contributed by atoms with Crippen molar-refractivity contribution in [1.29, 1.82) is 0 Å². The summed E-state index contributed by atoms with van der Waals surface area (Å²) in [6, 6.07) is 15.3. The first-order chi connectivity index (χ1) is 7.36. The second-order valence-electron chi connectivity index (χ2n) is 3.36.